The molecule has 1 radical (unpaired) electrons. The molecular formula is C43H36Cl2HfSi-3. The fourth-order valence-electron chi connectivity index (χ4n) is 5.33. The van der Waals surface area contributed by atoms with Crippen LogP contribution in [0, 0.1) is 0 Å². The number of halogens is 2. The molecule has 0 nitrogen and oxygen atoms in total. The van der Waals surface area contributed by atoms with Crippen LogP contribution in [0.2, 0.25) is 0 Å². The second-order valence-electron chi connectivity index (χ2n) is 10.6. The van der Waals surface area contributed by atoms with Crippen LogP contribution in [0.4, 0.5) is 0 Å². The maximum Gasteiger partial charge on any atom is 0.103 e. The zero-order valence-corrected chi connectivity index (χ0v) is 32.3. The molecule has 0 atom stereocenters. The molecule has 0 saturated heterocycles. The molecule has 0 amide bonds. The van der Waals surface area contributed by atoms with Crippen molar-refractivity contribution in [2.75, 3.05) is 0 Å². The summed E-state index contributed by atoms with van der Waals surface area (Å²) in [7, 11) is 0.271. The van der Waals surface area contributed by atoms with Gasteiger partial charge < -0.3 is 0 Å². The van der Waals surface area contributed by atoms with Crippen LogP contribution in [-0.4, -0.2) is 9.52 Å². The van der Waals surface area contributed by atoms with Crippen molar-refractivity contribution in [2.24, 2.45) is 0 Å². The third-order valence-electron chi connectivity index (χ3n) is 7.55. The fraction of sp³-hybridized carbons (Fsp3) is 0. The van der Waals surface area contributed by atoms with Gasteiger partial charge in [-0.25, -0.2) is 0 Å². The first kappa shape index (κ1) is 37.5. The molecule has 9 rings (SSSR count). The molecule has 0 spiro atoms. The zero-order chi connectivity index (χ0) is 29.8. The summed E-state index contributed by atoms with van der Waals surface area (Å²) in [4.78, 5) is 0. The number of benzene rings is 6. The third kappa shape index (κ3) is 10.5. The van der Waals surface area contributed by atoms with Gasteiger partial charge in [0.15, 0.2) is 0 Å². The van der Waals surface area contributed by atoms with E-state index >= 15 is 0 Å². The maximum atomic E-state index is 2.24. The van der Waals surface area contributed by atoms with Crippen LogP contribution in [0.3, 0.4) is 0 Å². The number of hydrogen-bond donors (Lipinski definition) is 0. The van der Waals surface area contributed by atoms with E-state index in [0.717, 1.165) is 0 Å². The summed E-state index contributed by atoms with van der Waals surface area (Å²) >= 11 is 0. The van der Waals surface area contributed by atoms with Crippen LogP contribution < -0.4 is 10.4 Å². The molecule has 0 aromatic heterocycles. The van der Waals surface area contributed by atoms with Crippen LogP contribution in [0.5, 0.6) is 0 Å². The average molecular weight is 830 g/mol. The molecule has 0 aliphatic rings. The van der Waals surface area contributed by atoms with Crippen molar-refractivity contribution in [3.63, 3.8) is 0 Å². The topological polar surface area (TPSA) is 0 Å². The van der Waals surface area contributed by atoms with Gasteiger partial charge in [-0.3, -0.25) is 0 Å². The zero-order valence-electron chi connectivity index (χ0n) is 25.9. The molecule has 0 unspecified atom stereocenters. The quantitative estimate of drug-likeness (QED) is 0.120. The van der Waals surface area contributed by atoms with Crippen LogP contribution in [-0.2, 0) is 25.8 Å². The van der Waals surface area contributed by atoms with E-state index in [1.807, 2.05) is 0 Å². The second-order valence-corrected chi connectivity index (χ2v) is 12.2. The van der Waals surface area contributed by atoms with E-state index in [1.165, 1.54) is 53.5 Å². The Labute approximate surface area is 311 Å². The van der Waals surface area contributed by atoms with Crippen molar-refractivity contribution >= 4 is 87.8 Å². The minimum absolute atomic E-state index is 0. The van der Waals surface area contributed by atoms with Crippen LogP contribution in [0.1, 0.15) is 0 Å². The molecule has 0 N–H and O–H groups in total. The summed E-state index contributed by atoms with van der Waals surface area (Å²) in [6, 6.07) is 69.9. The Hall–Kier alpha value is -3.92. The van der Waals surface area contributed by atoms with Crippen molar-refractivity contribution in [1.29, 1.82) is 0 Å². The van der Waals surface area contributed by atoms with Crippen molar-refractivity contribution < 1.29 is 25.8 Å². The predicted molar refractivity (Wildman–Crippen MR) is 210 cm³/mol. The predicted octanol–water partition coefficient (Wildman–Crippen LogP) is 10.7. The van der Waals surface area contributed by atoms with E-state index in [-0.39, 0.29) is 60.2 Å². The number of fused-ring (bicyclic) bond motifs is 5. The first-order valence-corrected chi connectivity index (χ1v) is 16.2. The average Bonchev–Trinajstić information content (AvgIpc) is 3.85. The molecule has 4 heteroatoms. The van der Waals surface area contributed by atoms with Crippen molar-refractivity contribution in [2.45, 2.75) is 0 Å². The van der Waals surface area contributed by atoms with Gasteiger partial charge in [0, 0.05) is 25.8 Å². The first-order chi connectivity index (χ1) is 21.8. The molecular weight excluding hydrogens is 794 g/mol. The van der Waals surface area contributed by atoms with Crippen LogP contribution in [0.25, 0.3) is 43.1 Å². The van der Waals surface area contributed by atoms with Crippen molar-refractivity contribution in [3.8, 4) is 0 Å². The van der Waals surface area contributed by atoms with Gasteiger partial charge in [0.05, 0.1) is 0 Å². The van der Waals surface area contributed by atoms with Crippen LogP contribution >= 0.6 is 24.8 Å². The van der Waals surface area contributed by atoms with Gasteiger partial charge in [-0.2, -0.15) is 35.0 Å². The fourth-order valence-corrected chi connectivity index (χ4v) is 6.55. The normalized spacial score (nSPS) is 9.70. The van der Waals surface area contributed by atoms with E-state index < -0.39 is 0 Å². The first-order valence-electron chi connectivity index (χ1n) is 15.0. The Morgan fingerprint density at radius 3 is 1.09 bits per heavy atom. The van der Waals surface area contributed by atoms with Gasteiger partial charge in [-0.1, -0.05) is 120 Å². The van der Waals surface area contributed by atoms with Crippen molar-refractivity contribution in [1.82, 2.24) is 0 Å². The monoisotopic (exact) mass is 830 g/mol. The van der Waals surface area contributed by atoms with Gasteiger partial charge in [0.2, 0.25) is 0 Å². The summed E-state index contributed by atoms with van der Waals surface area (Å²) < 4.78 is 0. The molecule has 9 aromatic rings. The molecule has 9 aromatic carbocycles. The molecule has 0 aliphatic heterocycles. The summed E-state index contributed by atoms with van der Waals surface area (Å²) in [5.74, 6) is 0. The molecule has 233 valence electrons. The second kappa shape index (κ2) is 19.7. The van der Waals surface area contributed by atoms with E-state index in [0.29, 0.717) is 0 Å². The maximum absolute atomic E-state index is 2.24. The Bertz CT molecular complexity index is 1950. The summed E-state index contributed by atoms with van der Waals surface area (Å²) in [5, 5.41) is 13.6. The van der Waals surface area contributed by atoms with Gasteiger partial charge in [0.25, 0.3) is 0 Å². The molecule has 0 fully saturated rings. The number of rotatable bonds is 2. The van der Waals surface area contributed by atoms with Gasteiger partial charge in [-0.05, 0) is 0 Å². The summed E-state index contributed by atoms with van der Waals surface area (Å²) in [6.45, 7) is 0. The minimum atomic E-state index is 0. The van der Waals surface area contributed by atoms with E-state index in [1.54, 1.807) is 0 Å². The third-order valence-corrected chi connectivity index (χ3v) is 8.99. The van der Waals surface area contributed by atoms with Crippen LogP contribution in [0.15, 0.2) is 200 Å². The Balaban J connectivity index is 0.000000169. The minimum Gasteiger partial charge on any atom is -0.168 e. The van der Waals surface area contributed by atoms with Crippen molar-refractivity contribution in [3.05, 3.63) is 200 Å². The summed E-state index contributed by atoms with van der Waals surface area (Å²) in [6.07, 6.45) is 0. The van der Waals surface area contributed by atoms with E-state index in [4.69, 9.17) is 0 Å². The Kier molecular flexibility index (Phi) is 15.7. The molecule has 0 heterocycles. The molecule has 0 bridgehead atoms. The Morgan fingerprint density at radius 2 is 0.681 bits per heavy atom. The smallest absolute Gasteiger partial charge is 0.103 e. The standard InChI is InChI=1S/C13H9.C12H11Si.2C9H7.2ClH.Hf/c1-3-7-12-10(5-1)9-11-6-2-4-8-13(11)12;1-3-7-11(8-4-1)13-12-9-5-2-6-10-12;2*1-2-5-9-7-3-6-8(9)4-1;;;/h1-9H;1-10,13H;2*1-7H;2*1H;/q-1;;2*-1;;;. The molecule has 0 aliphatic carbocycles. The largest absolute Gasteiger partial charge is 0.168 e. The van der Waals surface area contributed by atoms with Gasteiger partial charge in [0.1, 0.15) is 9.52 Å². The molecule has 0 saturated carbocycles. The molecule has 47 heavy (non-hydrogen) atoms. The van der Waals surface area contributed by atoms with Gasteiger partial charge in [-0.15, -0.1) is 124 Å². The number of hydrogen-bond acceptors (Lipinski definition) is 0. The van der Waals surface area contributed by atoms with Gasteiger partial charge >= 0.3 is 0 Å². The Morgan fingerprint density at radius 1 is 0.340 bits per heavy atom. The van der Waals surface area contributed by atoms with E-state index in [2.05, 4.69) is 200 Å². The summed E-state index contributed by atoms with van der Waals surface area (Å²) in [5.41, 5.74) is 0. The SMILES string of the molecule is Cl.Cl.[Hf].c1ccc([SiH]c2ccccc2)cc1.c1ccc2[cH-]ccc2c1.c1ccc2[cH-]ccc2c1.c1ccc2c(c1)[cH-]c1ccccc12. The van der Waals surface area contributed by atoms with E-state index in [9.17, 15) is 0 Å².